The fraction of sp³-hybridized carbons (Fsp3) is 0.355. The molecule has 4 saturated carbocycles. The molecule has 158 valence electrons. The van der Waals surface area contributed by atoms with E-state index in [1.807, 2.05) is 0 Å². The Hall–Kier alpha value is -2.25. The van der Waals surface area contributed by atoms with Crippen LogP contribution in [0.3, 0.4) is 0 Å². The van der Waals surface area contributed by atoms with Crippen LogP contribution >= 0.6 is 12.6 Å². The van der Waals surface area contributed by atoms with E-state index < -0.39 is 0 Å². The van der Waals surface area contributed by atoms with Gasteiger partial charge in [-0.15, -0.1) is 12.6 Å². The van der Waals surface area contributed by atoms with Crippen molar-refractivity contribution in [2.45, 2.75) is 43.4 Å². The molecule has 0 radical (unpaired) electrons. The molecule has 0 aliphatic heterocycles. The van der Waals surface area contributed by atoms with Crippen molar-refractivity contribution in [1.82, 2.24) is 0 Å². The van der Waals surface area contributed by atoms with E-state index in [1.54, 1.807) is 5.57 Å². The number of hydrogen-bond donors (Lipinski definition) is 1. The highest BCUT2D eigenvalue weighted by Gasteiger charge is 2.55. The molecule has 0 N–H and O–H groups in total. The van der Waals surface area contributed by atoms with Gasteiger partial charge in [-0.2, -0.15) is 0 Å². The molecular weight excluding hydrogens is 404 g/mol. The Labute approximate surface area is 196 Å². The highest BCUT2D eigenvalue weighted by atomic mass is 32.1. The molecule has 4 fully saturated rings. The lowest BCUT2D eigenvalue weighted by Crippen LogP contribution is -2.46. The highest BCUT2D eigenvalue weighted by molar-refractivity contribution is 7.84. The Morgan fingerprint density at radius 1 is 0.594 bits per heavy atom. The zero-order chi connectivity index (χ0) is 21.0. The fourth-order valence-electron chi connectivity index (χ4n) is 8.89. The van der Waals surface area contributed by atoms with E-state index in [9.17, 15) is 0 Å². The zero-order valence-corrected chi connectivity index (χ0v) is 19.2. The summed E-state index contributed by atoms with van der Waals surface area (Å²) in [7, 11) is 0. The van der Waals surface area contributed by atoms with Crippen LogP contribution in [0.2, 0.25) is 0 Å². The average Bonchev–Trinajstić information content (AvgIpc) is 2.83. The van der Waals surface area contributed by atoms with Crippen molar-refractivity contribution in [3.63, 3.8) is 0 Å². The predicted molar refractivity (Wildman–Crippen MR) is 133 cm³/mol. The molecular formula is C31H28S. The zero-order valence-electron chi connectivity index (χ0n) is 18.3. The maximum absolute atomic E-state index is 5.61. The van der Waals surface area contributed by atoms with Crippen molar-refractivity contribution in [1.29, 1.82) is 0 Å². The third-order valence-corrected chi connectivity index (χ3v) is 10.3. The quantitative estimate of drug-likeness (QED) is 0.379. The van der Waals surface area contributed by atoms with Crippen molar-refractivity contribution in [3.8, 4) is 0 Å². The average molecular weight is 433 g/mol. The van der Waals surface area contributed by atoms with Crippen LogP contribution in [-0.2, 0) is 5.41 Å². The molecule has 0 spiro atoms. The summed E-state index contributed by atoms with van der Waals surface area (Å²) in [6.45, 7) is 0. The normalized spacial score (nSPS) is 34.8. The van der Waals surface area contributed by atoms with Gasteiger partial charge in [0.25, 0.3) is 0 Å². The third kappa shape index (κ3) is 2.04. The first-order valence-corrected chi connectivity index (χ1v) is 12.9. The molecule has 7 aliphatic carbocycles. The van der Waals surface area contributed by atoms with E-state index >= 15 is 0 Å². The minimum absolute atomic E-state index is 0.258. The van der Waals surface area contributed by atoms with Gasteiger partial charge in [-0.05, 0) is 89.2 Å². The van der Waals surface area contributed by atoms with Crippen molar-refractivity contribution >= 4 is 12.6 Å². The standard InChI is InChI=1S/C31H28S/c32-30(28-20-14-18-13-19(16-20)17-21(28)15-18)31-25-10-4-1-7-22(25)29(23-8-2-5-11-26(23)31)24-9-3-6-12-27(24)31/h1-12,18-21,29,32H,13-17H2. The van der Waals surface area contributed by atoms with E-state index in [2.05, 4.69) is 72.8 Å². The van der Waals surface area contributed by atoms with Crippen LogP contribution in [0.1, 0.15) is 71.4 Å². The SMILES string of the molecule is SC(=C1C2CC3CC(C2)CC1C3)C12c3ccccc3C(c3ccccc31)c1ccccc12. The third-order valence-electron chi connectivity index (χ3n) is 9.67. The number of rotatable bonds is 1. The second kappa shape index (κ2) is 6.20. The molecule has 3 aromatic carbocycles. The van der Waals surface area contributed by atoms with Crippen LogP contribution < -0.4 is 0 Å². The van der Waals surface area contributed by atoms with Gasteiger partial charge in [0.2, 0.25) is 0 Å². The van der Waals surface area contributed by atoms with Crippen LogP contribution in [-0.4, -0.2) is 0 Å². The van der Waals surface area contributed by atoms with Gasteiger partial charge in [-0.1, -0.05) is 78.4 Å². The molecule has 1 heteroatoms. The second-order valence-corrected chi connectivity index (χ2v) is 11.5. The number of benzene rings is 3. The van der Waals surface area contributed by atoms with Crippen molar-refractivity contribution in [2.75, 3.05) is 0 Å². The summed E-state index contributed by atoms with van der Waals surface area (Å²) >= 11 is 5.61. The molecule has 0 aromatic heterocycles. The molecule has 0 saturated heterocycles. The number of allylic oxidation sites excluding steroid dienone is 2. The van der Waals surface area contributed by atoms with E-state index in [0.717, 1.165) is 23.7 Å². The van der Waals surface area contributed by atoms with Gasteiger partial charge in [-0.3, -0.25) is 0 Å². The van der Waals surface area contributed by atoms with Crippen molar-refractivity contribution < 1.29 is 0 Å². The molecule has 10 rings (SSSR count). The Bertz CT molecular complexity index is 1170. The van der Waals surface area contributed by atoms with Crippen LogP contribution in [0.4, 0.5) is 0 Å². The monoisotopic (exact) mass is 432 g/mol. The van der Waals surface area contributed by atoms with Crippen molar-refractivity contribution in [3.05, 3.63) is 117 Å². The summed E-state index contributed by atoms with van der Waals surface area (Å²) in [6.07, 6.45) is 7.08. The molecule has 0 nitrogen and oxygen atoms in total. The Balaban J connectivity index is 1.51. The van der Waals surface area contributed by atoms with Gasteiger partial charge < -0.3 is 0 Å². The van der Waals surface area contributed by atoms with Gasteiger partial charge in [0.05, 0.1) is 5.41 Å². The maximum Gasteiger partial charge on any atom is 0.0766 e. The first-order chi connectivity index (χ1) is 15.8. The molecule has 0 heterocycles. The predicted octanol–water partition coefficient (Wildman–Crippen LogP) is 7.47. The summed E-state index contributed by atoms with van der Waals surface area (Å²) in [5.74, 6) is 3.77. The first kappa shape index (κ1) is 18.2. The fourth-order valence-corrected chi connectivity index (χ4v) is 9.61. The van der Waals surface area contributed by atoms with Crippen molar-refractivity contribution in [2.24, 2.45) is 23.7 Å². The number of hydrogen-bond acceptors (Lipinski definition) is 1. The summed E-state index contributed by atoms with van der Waals surface area (Å²) in [4.78, 5) is 1.37. The first-order valence-electron chi connectivity index (χ1n) is 12.5. The highest BCUT2D eigenvalue weighted by Crippen LogP contribution is 2.66. The summed E-state index contributed by atoms with van der Waals surface area (Å²) in [5.41, 5.74) is 10.4. The van der Waals surface area contributed by atoms with Crippen LogP contribution in [0.25, 0.3) is 0 Å². The molecule has 3 aromatic rings. The minimum Gasteiger partial charge on any atom is -0.146 e. The van der Waals surface area contributed by atoms with Crippen LogP contribution in [0.5, 0.6) is 0 Å². The molecule has 7 aliphatic rings. The van der Waals surface area contributed by atoms with Gasteiger partial charge in [0, 0.05) is 10.8 Å². The lowest BCUT2D eigenvalue weighted by Gasteiger charge is -2.56. The topological polar surface area (TPSA) is 0 Å². The lowest BCUT2D eigenvalue weighted by molar-refractivity contribution is 0.0684. The van der Waals surface area contributed by atoms with Crippen LogP contribution in [0.15, 0.2) is 83.3 Å². The van der Waals surface area contributed by atoms with E-state index in [4.69, 9.17) is 12.6 Å². The number of thiol groups is 1. The Morgan fingerprint density at radius 2 is 1.00 bits per heavy atom. The summed E-state index contributed by atoms with van der Waals surface area (Å²) < 4.78 is 0. The molecule has 6 bridgehead atoms. The minimum atomic E-state index is -0.258. The largest absolute Gasteiger partial charge is 0.146 e. The smallest absolute Gasteiger partial charge is 0.0766 e. The molecule has 0 unspecified atom stereocenters. The van der Waals surface area contributed by atoms with Gasteiger partial charge >= 0.3 is 0 Å². The molecule has 0 amide bonds. The van der Waals surface area contributed by atoms with Crippen LogP contribution in [0, 0.1) is 23.7 Å². The van der Waals surface area contributed by atoms with Gasteiger partial charge in [-0.25, -0.2) is 0 Å². The maximum atomic E-state index is 5.61. The lowest BCUT2D eigenvalue weighted by atomic mass is 9.49. The van der Waals surface area contributed by atoms with E-state index in [0.29, 0.717) is 5.92 Å². The molecule has 0 atom stereocenters. The second-order valence-electron chi connectivity index (χ2n) is 11.1. The Kier molecular flexibility index (Phi) is 3.53. The molecule has 32 heavy (non-hydrogen) atoms. The van der Waals surface area contributed by atoms with Gasteiger partial charge in [0.15, 0.2) is 0 Å². The van der Waals surface area contributed by atoms with E-state index in [-0.39, 0.29) is 5.41 Å². The van der Waals surface area contributed by atoms with Gasteiger partial charge in [0.1, 0.15) is 0 Å². The Morgan fingerprint density at radius 3 is 1.44 bits per heavy atom. The summed E-state index contributed by atoms with van der Waals surface area (Å²) in [5, 5.41) is 0. The van der Waals surface area contributed by atoms with E-state index in [1.165, 1.54) is 70.4 Å². The summed E-state index contributed by atoms with van der Waals surface area (Å²) in [6, 6.07) is 27.8.